The second-order valence-electron chi connectivity index (χ2n) is 4.34. The van der Waals surface area contributed by atoms with Crippen LogP contribution in [-0.4, -0.2) is 5.91 Å². The topological polar surface area (TPSA) is 29.1 Å². The molecule has 0 fully saturated rings. The van der Waals surface area contributed by atoms with Crippen molar-refractivity contribution in [1.82, 2.24) is 0 Å². The first-order chi connectivity index (χ1) is 9.22. The molecule has 2 aromatic rings. The van der Waals surface area contributed by atoms with Gasteiger partial charge in [-0.3, -0.25) is 4.79 Å². The van der Waals surface area contributed by atoms with Gasteiger partial charge in [0.25, 0.3) is 0 Å². The molecule has 0 aromatic heterocycles. The average molecular weight is 318 g/mol. The van der Waals surface area contributed by atoms with E-state index in [1.54, 1.807) is 0 Å². The van der Waals surface area contributed by atoms with Gasteiger partial charge in [0.1, 0.15) is 0 Å². The molecule has 2 aromatic carbocycles. The molecule has 0 aliphatic heterocycles. The Morgan fingerprint density at radius 1 is 1.11 bits per heavy atom. The number of amides is 1. The predicted molar refractivity (Wildman–Crippen MR) is 82.2 cm³/mol. The van der Waals surface area contributed by atoms with E-state index in [2.05, 4.69) is 21.2 Å². The zero-order valence-corrected chi connectivity index (χ0v) is 12.4. The van der Waals surface area contributed by atoms with Crippen LogP contribution in [0.5, 0.6) is 0 Å². The van der Waals surface area contributed by atoms with Crippen molar-refractivity contribution in [2.75, 3.05) is 5.32 Å². The van der Waals surface area contributed by atoms with E-state index in [0.29, 0.717) is 0 Å². The summed E-state index contributed by atoms with van der Waals surface area (Å²) in [4.78, 5) is 12.4. The maximum Gasteiger partial charge on any atom is 0.231 e. The normalized spacial score (nSPS) is 11.9. The highest BCUT2D eigenvalue weighted by Gasteiger charge is 2.20. The standard InChI is InChI=1S/C16H16BrNO/c1-2-13(14-10-6-7-11-15(14)17)16(19)18-12-8-4-3-5-9-12/h3-11,13H,2H2,1H3,(H,18,19). The zero-order chi connectivity index (χ0) is 13.7. The van der Waals surface area contributed by atoms with E-state index in [9.17, 15) is 4.79 Å². The number of carbonyl (C=O) groups excluding carboxylic acids is 1. The number of nitrogens with one attached hydrogen (secondary N) is 1. The van der Waals surface area contributed by atoms with Crippen molar-refractivity contribution in [3.8, 4) is 0 Å². The third-order valence-corrected chi connectivity index (χ3v) is 3.77. The van der Waals surface area contributed by atoms with E-state index in [4.69, 9.17) is 0 Å². The third-order valence-electron chi connectivity index (χ3n) is 3.05. The number of anilines is 1. The molecule has 2 rings (SSSR count). The minimum absolute atomic E-state index is 0.0283. The van der Waals surface area contributed by atoms with Crippen LogP contribution in [0.2, 0.25) is 0 Å². The van der Waals surface area contributed by atoms with Crippen LogP contribution in [0.4, 0.5) is 5.69 Å². The molecule has 1 N–H and O–H groups in total. The number of benzene rings is 2. The molecule has 19 heavy (non-hydrogen) atoms. The lowest BCUT2D eigenvalue weighted by molar-refractivity contribution is -0.117. The van der Waals surface area contributed by atoms with Crippen molar-refractivity contribution in [2.45, 2.75) is 19.3 Å². The van der Waals surface area contributed by atoms with Gasteiger partial charge in [-0.1, -0.05) is 59.3 Å². The van der Waals surface area contributed by atoms with E-state index in [-0.39, 0.29) is 11.8 Å². The van der Waals surface area contributed by atoms with E-state index in [0.717, 1.165) is 22.1 Å². The molecule has 0 aliphatic rings. The van der Waals surface area contributed by atoms with Crippen LogP contribution in [-0.2, 0) is 4.79 Å². The van der Waals surface area contributed by atoms with Gasteiger partial charge >= 0.3 is 0 Å². The van der Waals surface area contributed by atoms with E-state index < -0.39 is 0 Å². The molecule has 2 nitrogen and oxygen atoms in total. The highest BCUT2D eigenvalue weighted by Crippen LogP contribution is 2.28. The van der Waals surface area contributed by atoms with Crippen molar-refractivity contribution < 1.29 is 4.79 Å². The summed E-state index contributed by atoms with van der Waals surface area (Å²) in [6, 6.07) is 17.4. The summed E-state index contributed by atoms with van der Waals surface area (Å²) >= 11 is 3.51. The molecule has 0 heterocycles. The van der Waals surface area contributed by atoms with Crippen LogP contribution in [0.1, 0.15) is 24.8 Å². The fourth-order valence-corrected chi connectivity index (χ4v) is 2.62. The Hall–Kier alpha value is -1.61. The molecule has 0 aliphatic carbocycles. The van der Waals surface area contributed by atoms with Gasteiger partial charge in [0.05, 0.1) is 5.92 Å². The molecule has 0 bridgehead atoms. The second-order valence-corrected chi connectivity index (χ2v) is 5.19. The van der Waals surface area contributed by atoms with Gasteiger partial charge in [-0.05, 0) is 30.2 Å². The van der Waals surface area contributed by atoms with Crippen molar-refractivity contribution in [1.29, 1.82) is 0 Å². The van der Waals surface area contributed by atoms with E-state index >= 15 is 0 Å². The number of para-hydroxylation sites is 1. The molecule has 0 radical (unpaired) electrons. The summed E-state index contributed by atoms with van der Waals surface area (Å²) in [5, 5.41) is 2.96. The Morgan fingerprint density at radius 3 is 2.37 bits per heavy atom. The minimum atomic E-state index is -0.143. The van der Waals surface area contributed by atoms with Crippen LogP contribution >= 0.6 is 15.9 Å². The molecule has 98 valence electrons. The number of carbonyl (C=O) groups is 1. The first kappa shape index (κ1) is 13.8. The van der Waals surface area contributed by atoms with Gasteiger partial charge in [0.15, 0.2) is 0 Å². The van der Waals surface area contributed by atoms with Crippen LogP contribution < -0.4 is 5.32 Å². The summed E-state index contributed by atoms with van der Waals surface area (Å²) in [7, 11) is 0. The molecular weight excluding hydrogens is 302 g/mol. The summed E-state index contributed by atoms with van der Waals surface area (Å²) in [6.07, 6.45) is 0.765. The van der Waals surface area contributed by atoms with Crippen molar-refractivity contribution in [3.05, 3.63) is 64.6 Å². The van der Waals surface area contributed by atoms with Gasteiger partial charge in [-0.2, -0.15) is 0 Å². The third kappa shape index (κ3) is 3.44. The summed E-state index contributed by atoms with van der Waals surface area (Å²) in [5.41, 5.74) is 1.86. The summed E-state index contributed by atoms with van der Waals surface area (Å²) in [5.74, 6) is -0.114. The highest BCUT2D eigenvalue weighted by molar-refractivity contribution is 9.10. The fourth-order valence-electron chi connectivity index (χ4n) is 2.06. The Labute approximate surface area is 122 Å². The molecule has 3 heteroatoms. The lowest BCUT2D eigenvalue weighted by atomic mass is 9.95. The van der Waals surface area contributed by atoms with Gasteiger partial charge in [0.2, 0.25) is 5.91 Å². The number of hydrogen-bond donors (Lipinski definition) is 1. The minimum Gasteiger partial charge on any atom is -0.326 e. The second kappa shape index (κ2) is 6.53. The van der Waals surface area contributed by atoms with E-state index in [1.165, 1.54) is 0 Å². The largest absolute Gasteiger partial charge is 0.326 e. The Morgan fingerprint density at radius 2 is 1.74 bits per heavy atom. The lowest BCUT2D eigenvalue weighted by Crippen LogP contribution is -2.20. The maximum absolute atomic E-state index is 12.4. The fraction of sp³-hybridized carbons (Fsp3) is 0.188. The molecule has 1 atom stereocenters. The highest BCUT2D eigenvalue weighted by atomic mass is 79.9. The number of hydrogen-bond acceptors (Lipinski definition) is 1. The molecular formula is C16H16BrNO. The van der Waals surface area contributed by atoms with Crippen molar-refractivity contribution in [2.24, 2.45) is 0 Å². The van der Waals surface area contributed by atoms with Crippen molar-refractivity contribution >= 4 is 27.5 Å². The van der Waals surface area contributed by atoms with E-state index in [1.807, 2.05) is 61.5 Å². The quantitative estimate of drug-likeness (QED) is 0.878. The molecule has 0 saturated carbocycles. The molecule has 0 saturated heterocycles. The van der Waals surface area contributed by atoms with Gasteiger partial charge < -0.3 is 5.32 Å². The summed E-state index contributed by atoms with van der Waals surface area (Å²) < 4.78 is 0.977. The molecule has 1 amide bonds. The molecule has 1 unspecified atom stereocenters. The Bertz CT molecular complexity index is 554. The smallest absolute Gasteiger partial charge is 0.231 e. The van der Waals surface area contributed by atoms with Crippen LogP contribution in [0.15, 0.2) is 59.1 Å². The first-order valence-corrected chi connectivity index (χ1v) is 7.12. The van der Waals surface area contributed by atoms with Gasteiger partial charge in [-0.25, -0.2) is 0 Å². The van der Waals surface area contributed by atoms with Gasteiger partial charge in [0, 0.05) is 10.2 Å². The Balaban J connectivity index is 2.19. The average Bonchev–Trinajstić information content (AvgIpc) is 2.43. The van der Waals surface area contributed by atoms with Crippen LogP contribution in [0, 0.1) is 0 Å². The number of rotatable bonds is 4. The number of halogens is 1. The van der Waals surface area contributed by atoms with Gasteiger partial charge in [-0.15, -0.1) is 0 Å². The zero-order valence-electron chi connectivity index (χ0n) is 10.8. The SMILES string of the molecule is CCC(C(=O)Nc1ccccc1)c1ccccc1Br. The van der Waals surface area contributed by atoms with Crippen molar-refractivity contribution in [3.63, 3.8) is 0 Å². The Kier molecular flexibility index (Phi) is 4.74. The predicted octanol–water partition coefficient (Wildman–Crippen LogP) is 4.58. The monoisotopic (exact) mass is 317 g/mol. The first-order valence-electron chi connectivity index (χ1n) is 6.32. The maximum atomic E-state index is 12.4. The summed E-state index contributed by atoms with van der Waals surface area (Å²) in [6.45, 7) is 2.02. The lowest BCUT2D eigenvalue weighted by Gasteiger charge is -2.16. The van der Waals surface area contributed by atoms with Crippen LogP contribution in [0.3, 0.4) is 0 Å². The van der Waals surface area contributed by atoms with Crippen LogP contribution in [0.25, 0.3) is 0 Å². The molecule has 0 spiro atoms.